The van der Waals surface area contributed by atoms with E-state index in [0.29, 0.717) is 35.6 Å². The van der Waals surface area contributed by atoms with Crippen molar-refractivity contribution in [2.75, 3.05) is 6.54 Å². The number of hydrogen-bond donors (Lipinski definition) is 0. The Bertz CT molecular complexity index is 828. The minimum absolute atomic E-state index is 0.248. The normalized spacial score (nSPS) is 13.6. The molecule has 0 N–H and O–H groups in total. The lowest BCUT2D eigenvalue weighted by molar-refractivity contribution is 0.501. The van der Waals surface area contributed by atoms with Crippen LogP contribution in [0.1, 0.15) is 31.9 Å². The van der Waals surface area contributed by atoms with Crippen molar-refractivity contribution < 1.29 is 13.2 Å². The molecule has 0 aromatic heterocycles. The van der Waals surface area contributed by atoms with Crippen molar-refractivity contribution in [1.82, 2.24) is 4.90 Å². The summed E-state index contributed by atoms with van der Waals surface area (Å²) in [5, 5.41) is 0. The van der Waals surface area contributed by atoms with Gasteiger partial charge in [-0.05, 0) is 18.6 Å². The molecule has 0 atom stereocenters. The molecule has 3 rings (SSSR count). The van der Waals surface area contributed by atoms with Gasteiger partial charge in [0.1, 0.15) is 17.5 Å². The quantitative estimate of drug-likeness (QED) is 0.614. The van der Waals surface area contributed by atoms with Gasteiger partial charge in [-0.3, -0.25) is 0 Å². The highest BCUT2D eigenvalue weighted by Gasteiger charge is 2.26. The number of hydrogen-bond acceptors (Lipinski definition) is 1. The van der Waals surface area contributed by atoms with Crippen LogP contribution >= 0.6 is 0 Å². The van der Waals surface area contributed by atoms with Crippen LogP contribution in [0.3, 0.4) is 0 Å². The molecule has 4 heteroatoms. The summed E-state index contributed by atoms with van der Waals surface area (Å²) in [4.78, 5) is 1.72. The second-order valence-electron chi connectivity index (χ2n) is 5.44. The average molecular weight is 357 g/mol. The molecule has 0 amide bonds. The first kappa shape index (κ1) is 19.6. The molecule has 0 spiro atoms. The number of rotatable bonds is 3. The molecule has 2 aromatic carbocycles. The molecule has 1 nitrogen and oxygen atoms in total. The van der Waals surface area contributed by atoms with E-state index >= 15 is 0 Å². The molecule has 0 bridgehead atoms. The molecule has 0 aliphatic carbocycles. The maximum absolute atomic E-state index is 14.4. The van der Waals surface area contributed by atoms with Crippen molar-refractivity contribution in [3.05, 3.63) is 95.5 Å². The van der Waals surface area contributed by atoms with Crippen LogP contribution in [-0.2, 0) is 0 Å². The molecular weight excluding hydrogens is 335 g/mol. The summed E-state index contributed by atoms with van der Waals surface area (Å²) in [5.41, 5.74) is 2.20. The van der Waals surface area contributed by atoms with Gasteiger partial charge in [-0.1, -0.05) is 56.8 Å². The van der Waals surface area contributed by atoms with E-state index in [4.69, 9.17) is 0 Å². The number of benzene rings is 2. The summed E-state index contributed by atoms with van der Waals surface area (Å²) in [6.45, 7) is 10.3. The Morgan fingerprint density at radius 2 is 1.50 bits per heavy atom. The lowest BCUT2D eigenvalue weighted by atomic mass is 9.94. The fourth-order valence-corrected chi connectivity index (χ4v) is 2.89. The lowest BCUT2D eigenvalue weighted by Gasteiger charge is -2.32. The van der Waals surface area contributed by atoms with Gasteiger partial charge in [-0.25, -0.2) is 13.2 Å². The predicted molar refractivity (Wildman–Crippen MR) is 102 cm³/mol. The van der Waals surface area contributed by atoms with Crippen molar-refractivity contribution in [2.45, 2.75) is 20.8 Å². The second-order valence-corrected chi connectivity index (χ2v) is 5.44. The molecule has 0 saturated heterocycles. The average Bonchev–Trinajstić information content (AvgIpc) is 2.63. The highest BCUT2D eigenvalue weighted by atomic mass is 19.1. The van der Waals surface area contributed by atoms with Crippen LogP contribution in [0.5, 0.6) is 0 Å². The minimum Gasteiger partial charge on any atom is -0.341 e. The first-order valence-electron chi connectivity index (χ1n) is 8.62. The zero-order valence-electron chi connectivity index (χ0n) is 15.2. The number of allylic oxidation sites excluding steroid dienone is 3. The van der Waals surface area contributed by atoms with Crippen molar-refractivity contribution >= 4 is 11.3 Å². The molecule has 0 saturated carbocycles. The Morgan fingerprint density at radius 1 is 0.923 bits per heavy atom. The first-order chi connectivity index (χ1) is 12.5. The molecule has 136 valence electrons. The van der Waals surface area contributed by atoms with Crippen LogP contribution in [0.2, 0.25) is 0 Å². The Morgan fingerprint density at radius 3 is 2.04 bits per heavy atom. The van der Waals surface area contributed by atoms with Gasteiger partial charge in [0.2, 0.25) is 0 Å². The largest absolute Gasteiger partial charge is 0.341 e. The van der Waals surface area contributed by atoms with Crippen molar-refractivity contribution in [2.24, 2.45) is 0 Å². The Kier molecular flexibility index (Phi) is 6.45. The van der Waals surface area contributed by atoms with Gasteiger partial charge in [0.15, 0.2) is 0 Å². The third-order valence-corrected chi connectivity index (χ3v) is 3.96. The van der Waals surface area contributed by atoms with Gasteiger partial charge in [0.25, 0.3) is 0 Å². The van der Waals surface area contributed by atoms with Gasteiger partial charge in [0.05, 0.1) is 11.3 Å². The van der Waals surface area contributed by atoms with E-state index in [1.807, 2.05) is 51.1 Å². The zero-order valence-corrected chi connectivity index (χ0v) is 15.2. The van der Waals surface area contributed by atoms with Gasteiger partial charge >= 0.3 is 0 Å². The van der Waals surface area contributed by atoms with Crippen LogP contribution in [-0.4, -0.2) is 11.4 Å². The number of nitrogens with zero attached hydrogens (tertiary/aromatic N) is 1. The van der Waals surface area contributed by atoms with Crippen LogP contribution in [0.4, 0.5) is 13.2 Å². The molecule has 1 aliphatic heterocycles. The third-order valence-electron chi connectivity index (χ3n) is 3.96. The molecule has 0 unspecified atom stereocenters. The monoisotopic (exact) mass is 357 g/mol. The zero-order chi connectivity index (χ0) is 19.3. The van der Waals surface area contributed by atoms with Crippen molar-refractivity contribution in [3.8, 4) is 0 Å². The SMILES string of the molecule is C=C1C=CC(c2ccccc2)=C(c2c(F)cc(F)cc2F)N1CC.CC. The molecule has 2 aromatic rings. The molecule has 1 heterocycles. The van der Waals surface area contributed by atoms with E-state index in [0.717, 1.165) is 5.56 Å². The van der Waals surface area contributed by atoms with Gasteiger partial charge in [-0.15, -0.1) is 0 Å². The van der Waals surface area contributed by atoms with Crippen LogP contribution in [0.15, 0.2) is 66.9 Å². The highest BCUT2D eigenvalue weighted by molar-refractivity contribution is 5.97. The standard InChI is InChI=1S/C20H16F3N.C2H6/c1-3-24-13(2)9-10-16(14-7-5-4-6-8-14)20(24)19-17(22)11-15(21)12-18(19)23;1-2/h4-12H,2-3H2,1H3;1-2H3. The molecule has 26 heavy (non-hydrogen) atoms. The topological polar surface area (TPSA) is 3.24 Å². The van der Waals surface area contributed by atoms with E-state index in [-0.39, 0.29) is 5.56 Å². The summed E-state index contributed by atoms with van der Waals surface area (Å²) < 4.78 is 42.2. The van der Waals surface area contributed by atoms with Crippen LogP contribution < -0.4 is 0 Å². The fourth-order valence-electron chi connectivity index (χ4n) is 2.89. The lowest BCUT2D eigenvalue weighted by Crippen LogP contribution is -2.24. The van der Waals surface area contributed by atoms with E-state index in [1.54, 1.807) is 17.1 Å². The smallest absolute Gasteiger partial charge is 0.138 e. The second kappa shape index (κ2) is 8.56. The molecule has 0 fully saturated rings. The number of halogens is 3. The number of likely N-dealkylation sites (N-methyl/N-ethyl adjacent to an activating group) is 1. The van der Waals surface area contributed by atoms with E-state index in [1.165, 1.54) is 0 Å². The Labute approximate surface area is 152 Å². The summed E-state index contributed by atoms with van der Waals surface area (Å²) in [7, 11) is 0. The summed E-state index contributed by atoms with van der Waals surface area (Å²) in [6.07, 6.45) is 3.58. The van der Waals surface area contributed by atoms with Gasteiger partial charge in [-0.2, -0.15) is 0 Å². The fraction of sp³-hybridized carbons (Fsp3) is 0.182. The van der Waals surface area contributed by atoms with Crippen LogP contribution in [0.25, 0.3) is 11.3 Å². The van der Waals surface area contributed by atoms with Gasteiger partial charge in [0, 0.05) is 29.9 Å². The van der Waals surface area contributed by atoms with E-state index in [2.05, 4.69) is 6.58 Å². The molecule has 0 radical (unpaired) electrons. The summed E-state index contributed by atoms with van der Waals surface area (Å²) in [6, 6.07) is 10.7. The Hall–Kier alpha value is -2.75. The maximum Gasteiger partial charge on any atom is 0.138 e. The van der Waals surface area contributed by atoms with Crippen molar-refractivity contribution in [3.63, 3.8) is 0 Å². The van der Waals surface area contributed by atoms with Crippen molar-refractivity contribution in [1.29, 1.82) is 0 Å². The molecule has 1 aliphatic rings. The predicted octanol–water partition coefficient (Wildman–Crippen LogP) is 6.40. The Balaban J connectivity index is 0.00000117. The highest BCUT2D eigenvalue weighted by Crippen LogP contribution is 2.38. The maximum atomic E-state index is 14.4. The van der Waals surface area contributed by atoms with E-state index in [9.17, 15) is 13.2 Å². The van der Waals surface area contributed by atoms with Gasteiger partial charge < -0.3 is 4.90 Å². The minimum atomic E-state index is -0.941. The van der Waals surface area contributed by atoms with Crippen LogP contribution in [0, 0.1) is 17.5 Å². The summed E-state index contributed by atoms with van der Waals surface area (Å²) in [5.74, 6) is -2.81. The first-order valence-corrected chi connectivity index (χ1v) is 8.62. The summed E-state index contributed by atoms with van der Waals surface area (Å²) >= 11 is 0. The third kappa shape index (κ3) is 3.74. The van der Waals surface area contributed by atoms with E-state index < -0.39 is 17.5 Å². The molecular formula is C22H22F3N.